The van der Waals surface area contributed by atoms with Gasteiger partial charge in [-0.25, -0.2) is 13.1 Å². The molecule has 1 fully saturated rings. The van der Waals surface area contributed by atoms with Crippen LogP contribution in [0.3, 0.4) is 0 Å². The minimum Gasteiger partial charge on any atom is -0.490 e. The molecule has 1 saturated carbocycles. The van der Waals surface area contributed by atoms with Crippen molar-refractivity contribution in [3.63, 3.8) is 0 Å². The zero-order valence-electron chi connectivity index (χ0n) is 25.9. The van der Waals surface area contributed by atoms with E-state index in [0.29, 0.717) is 36.9 Å². The number of sulfonamides is 1. The molecule has 45 heavy (non-hydrogen) atoms. The number of halogens is 1. The largest absolute Gasteiger partial charge is 0.490 e. The summed E-state index contributed by atoms with van der Waals surface area (Å²) in [6.07, 6.45) is 7.91. The lowest BCUT2D eigenvalue weighted by molar-refractivity contribution is -0.128. The van der Waals surface area contributed by atoms with E-state index in [0.717, 1.165) is 37.8 Å². The number of rotatable bonds is 2. The number of allylic oxidation sites excluding steroid dienone is 1. The van der Waals surface area contributed by atoms with Crippen LogP contribution in [0.2, 0.25) is 5.02 Å². The molecule has 2 aliphatic heterocycles. The van der Waals surface area contributed by atoms with Crippen LogP contribution in [0.4, 0.5) is 5.69 Å². The zero-order chi connectivity index (χ0) is 31.9. The van der Waals surface area contributed by atoms with Gasteiger partial charge in [0, 0.05) is 49.6 Å². The summed E-state index contributed by atoms with van der Waals surface area (Å²) in [6, 6.07) is 11.2. The molecule has 242 valence electrons. The van der Waals surface area contributed by atoms with E-state index in [1.54, 1.807) is 44.4 Å². The molecule has 1 spiro atoms. The Morgan fingerprint density at radius 1 is 1.18 bits per heavy atom. The monoisotopic (exact) mass is 655 g/mol. The molecule has 11 heteroatoms. The number of aryl methyl sites for hydroxylation is 1. The molecule has 5 atom stereocenters. The Bertz CT molecular complexity index is 1610. The fourth-order valence-electron chi connectivity index (χ4n) is 7.49. The van der Waals surface area contributed by atoms with Crippen molar-refractivity contribution in [2.75, 3.05) is 38.7 Å². The molecule has 0 unspecified atom stereocenters. The van der Waals surface area contributed by atoms with Gasteiger partial charge in [-0.2, -0.15) is 0 Å². The minimum absolute atomic E-state index is 0.0662. The number of hydrogen-bond donors (Lipinski definition) is 2. The molecule has 2 bridgehead atoms. The smallest absolute Gasteiger partial charge is 0.264 e. The van der Waals surface area contributed by atoms with Gasteiger partial charge in [0.05, 0.1) is 23.6 Å². The van der Waals surface area contributed by atoms with Crippen LogP contribution in [0.25, 0.3) is 0 Å². The standard InChI is InChI=1S/C34H42ClN3O6S/c1-37(2)32(40)18-26-7-3-4-8-30(39)27-12-9-24(27)19-38-20-34(15-5-6-22-16-25(35)11-13-28(22)34)21-44-31-14-10-23(17-29(31)38)33(41)36-45(26,42)43/h4,8,10-11,13-14,16-17,24,26-27,30,39H,3,5-7,9,12,15,18-21H2,1-2H3,(H,36,41)/b8-4+/t24-,26-,27+,30-,34-/m0/s1. The lowest BCUT2D eigenvalue weighted by Crippen LogP contribution is -2.49. The Balaban J connectivity index is 1.39. The second-order valence-electron chi connectivity index (χ2n) is 13.4. The van der Waals surface area contributed by atoms with E-state index >= 15 is 0 Å². The second-order valence-corrected chi connectivity index (χ2v) is 15.8. The first kappa shape index (κ1) is 31.9. The number of anilines is 1. The van der Waals surface area contributed by atoms with Gasteiger partial charge in [0.15, 0.2) is 0 Å². The number of amides is 2. The topological polar surface area (TPSA) is 116 Å². The predicted octanol–water partition coefficient (Wildman–Crippen LogP) is 4.46. The van der Waals surface area contributed by atoms with Crippen LogP contribution < -0.4 is 14.4 Å². The number of carbonyl (C=O) groups excluding carboxylic acids is 2. The third-order valence-electron chi connectivity index (χ3n) is 10.2. The molecule has 0 radical (unpaired) electrons. The van der Waals surface area contributed by atoms with E-state index in [9.17, 15) is 23.1 Å². The summed E-state index contributed by atoms with van der Waals surface area (Å²) >= 11 is 6.39. The van der Waals surface area contributed by atoms with Gasteiger partial charge in [0.2, 0.25) is 15.9 Å². The van der Waals surface area contributed by atoms with Gasteiger partial charge in [-0.3, -0.25) is 9.59 Å². The van der Waals surface area contributed by atoms with Crippen molar-refractivity contribution in [3.8, 4) is 5.75 Å². The third kappa shape index (κ3) is 6.46. The van der Waals surface area contributed by atoms with Gasteiger partial charge >= 0.3 is 0 Å². The predicted molar refractivity (Wildman–Crippen MR) is 174 cm³/mol. The van der Waals surface area contributed by atoms with E-state index < -0.39 is 27.3 Å². The van der Waals surface area contributed by atoms with Crippen molar-refractivity contribution in [3.05, 3.63) is 70.3 Å². The summed E-state index contributed by atoms with van der Waals surface area (Å²) in [4.78, 5) is 29.7. The number of hydrogen-bond acceptors (Lipinski definition) is 7. The Hall–Kier alpha value is -3.08. The Morgan fingerprint density at radius 3 is 2.76 bits per heavy atom. The summed E-state index contributed by atoms with van der Waals surface area (Å²) in [7, 11) is -1.05. The Morgan fingerprint density at radius 2 is 2.00 bits per heavy atom. The molecule has 0 aromatic heterocycles. The molecule has 2 aromatic rings. The van der Waals surface area contributed by atoms with Crippen LogP contribution in [0.5, 0.6) is 5.75 Å². The van der Waals surface area contributed by atoms with E-state index in [1.807, 2.05) is 6.07 Å². The fourth-order valence-corrected chi connectivity index (χ4v) is 9.03. The number of nitrogens with one attached hydrogen (secondary N) is 1. The van der Waals surface area contributed by atoms with Gasteiger partial charge in [0.25, 0.3) is 5.91 Å². The van der Waals surface area contributed by atoms with Gasteiger partial charge in [-0.15, -0.1) is 0 Å². The minimum atomic E-state index is -4.20. The van der Waals surface area contributed by atoms with Crippen molar-refractivity contribution in [2.45, 2.75) is 68.1 Å². The Labute approximate surface area is 270 Å². The summed E-state index contributed by atoms with van der Waals surface area (Å²) in [5.74, 6) is -0.143. The highest BCUT2D eigenvalue weighted by atomic mass is 35.5. The van der Waals surface area contributed by atoms with Crippen LogP contribution >= 0.6 is 11.6 Å². The van der Waals surface area contributed by atoms with Crippen LogP contribution in [-0.2, 0) is 26.7 Å². The van der Waals surface area contributed by atoms with E-state index in [2.05, 4.69) is 21.8 Å². The van der Waals surface area contributed by atoms with Crippen molar-refractivity contribution >= 4 is 39.1 Å². The highest BCUT2D eigenvalue weighted by Gasteiger charge is 2.44. The van der Waals surface area contributed by atoms with Crippen LogP contribution in [0, 0.1) is 11.8 Å². The van der Waals surface area contributed by atoms with Gasteiger partial charge in [-0.05, 0) is 98.2 Å². The first-order chi connectivity index (χ1) is 21.5. The molecule has 2 heterocycles. The Kier molecular flexibility index (Phi) is 8.93. The average Bonchev–Trinajstić information content (AvgIpc) is 3.12. The maximum atomic E-state index is 13.5. The summed E-state index contributed by atoms with van der Waals surface area (Å²) in [6.45, 7) is 1.79. The van der Waals surface area contributed by atoms with E-state index in [1.165, 1.54) is 16.0 Å². The van der Waals surface area contributed by atoms with Crippen molar-refractivity contribution in [2.24, 2.45) is 11.8 Å². The third-order valence-corrected chi connectivity index (χ3v) is 12.2. The molecular formula is C34H42ClN3O6S. The van der Waals surface area contributed by atoms with E-state index in [4.69, 9.17) is 16.3 Å². The number of carbonyl (C=O) groups is 2. The summed E-state index contributed by atoms with van der Waals surface area (Å²) in [5, 5.41) is 10.8. The lowest BCUT2D eigenvalue weighted by atomic mass is 9.68. The number of fused-ring (bicyclic) bond motifs is 4. The first-order valence-corrected chi connectivity index (χ1v) is 17.8. The van der Waals surface area contributed by atoms with Gasteiger partial charge < -0.3 is 19.6 Å². The van der Waals surface area contributed by atoms with Gasteiger partial charge in [0.1, 0.15) is 5.75 Å². The summed E-state index contributed by atoms with van der Waals surface area (Å²) < 4.78 is 35.8. The molecule has 2 N–H and O–H groups in total. The normalized spacial score (nSPS) is 30.0. The number of nitrogens with zero attached hydrogens (tertiary/aromatic N) is 2. The van der Waals surface area contributed by atoms with Crippen molar-refractivity contribution < 1.29 is 27.9 Å². The molecule has 4 aliphatic rings. The maximum Gasteiger partial charge on any atom is 0.264 e. The van der Waals surface area contributed by atoms with Crippen molar-refractivity contribution in [1.29, 1.82) is 0 Å². The first-order valence-electron chi connectivity index (χ1n) is 15.9. The average molecular weight is 656 g/mol. The highest BCUT2D eigenvalue weighted by molar-refractivity contribution is 7.90. The highest BCUT2D eigenvalue weighted by Crippen LogP contribution is 2.46. The quantitative estimate of drug-likeness (QED) is 0.459. The molecule has 2 aliphatic carbocycles. The van der Waals surface area contributed by atoms with Crippen LogP contribution in [0.15, 0.2) is 48.6 Å². The molecule has 2 amide bonds. The molecular weight excluding hydrogens is 614 g/mol. The molecule has 2 aromatic carbocycles. The SMILES string of the molecule is CN(C)C(=O)C[C@@H]1CC/C=C/[C@H](O)[C@@H]2CC[C@H]2CN2C[C@@]3(CCCc4cc(Cl)ccc43)COc3ccc(cc32)C(=O)NS1(=O)=O. The molecule has 6 rings (SSSR count). The van der Waals surface area contributed by atoms with Crippen LogP contribution in [0.1, 0.15) is 66.4 Å². The van der Waals surface area contributed by atoms with E-state index in [-0.39, 0.29) is 41.6 Å². The lowest BCUT2D eigenvalue weighted by Gasteiger charge is -2.45. The number of aliphatic hydroxyl groups excluding tert-OH is 1. The van der Waals surface area contributed by atoms with Crippen molar-refractivity contribution in [1.82, 2.24) is 9.62 Å². The second kappa shape index (κ2) is 12.6. The number of benzene rings is 2. The molecule has 0 saturated heterocycles. The zero-order valence-corrected chi connectivity index (χ0v) is 27.4. The maximum absolute atomic E-state index is 13.5. The van der Waals surface area contributed by atoms with Crippen LogP contribution in [-0.4, -0.2) is 75.4 Å². The number of ether oxygens (including phenoxy) is 1. The fraction of sp³-hybridized carbons (Fsp3) is 0.529. The number of aliphatic hydroxyl groups is 1. The summed E-state index contributed by atoms with van der Waals surface area (Å²) in [5.41, 5.74) is 3.10. The molecule has 9 nitrogen and oxygen atoms in total. The van der Waals surface area contributed by atoms with Gasteiger partial charge in [-0.1, -0.05) is 29.8 Å².